The van der Waals surface area contributed by atoms with Gasteiger partial charge in [-0.2, -0.15) is 0 Å². The first-order valence-corrected chi connectivity index (χ1v) is 5.78. The first-order valence-electron chi connectivity index (χ1n) is 5.37. The number of ether oxygens (including phenoxy) is 2. The second-order valence-electron chi connectivity index (χ2n) is 3.43. The van der Waals surface area contributed by atoms with Crippen molar-refractivity contribution in [2.45, 2.75) is 6.29 Å². The van der Waals surface area contributed by atoms with Crippen LogP contribution in [0.5, 0.6) is 0 Å². The highest BCUT2D eigenvalue weighted by molar-refractivity contribution is 7.80. The zero-order valence-corrected chi connectivity index (χ0v) is 11.1. The Hall–Kier alpha value is -1.50. The molecule has 0 spiro atoms. The van der Waals surface area contributed by atoms with E-state index in [-0.39, 0.29) is 11.0 Å². The van der Waals surface area contributed by atoms with E-state index in [4.69, 9.17) is 21.7 Å². The minimum absolute atomic E-state index is 0.239. The molecule has 0 aromatic heterocycles. The molecule has 98 valence electrons. The van der Waals surface area contributed by atoms with Crippen LogP contribution in [0.2, 0.25) is 0 Å². The Morgan fingerprint density at radius 2 is 1.89 bits per heavy atom. The minimum Gasteiger partial charge on any atom is -0.357 e. The molecule has 2 N–H and O–H groups in total. The van der Waals surface area contributed by atoms with Crippen LogP contribution in [0, 0.1) is 0 Å². The van der Waals surface area contributed by atoms with Crippen LogP contribution in [0.4, 0.5) is 0 Å². The molecule has 6 heteroatoms. The Bertz CT molecular complexity index is 394. The Labute approximate surface area is 111 Å². The fraction of sp³-hybridized carbons (Fsp3) is 0.333. The Morgan fingerprint density at radius 1 is 1.28 bits per heavy atom. The smallest absolute Gasteiger partial charge is 0.257 e. The highest BCUT2D eigenvalue weighted by Gasteiger charge is 2.09. The van der Waals surface area contributed by atoms with Crippen LogP contribution in [0.25, 0.3) is 0 Å². The van der Waals surface area contributed by atoms with Gasteiger partial charge in [0.15, 0.2) is 11.4 Å². The summed E-state index contributed by atoms with van der Waals surface area (Å²) in [5, 5.41) is 5.64. The monoisotopic (exact) mass is 268 g/mol. The van der Waals surface area contributed by atoms with Crippen LogP contribution in [-0.2, 0) is 9.47 Å². The third kappa shape index (κ3) is 4.79. The summed E-state index contributed by atoms with van der Waals surface area (Å²) in [6.45, 7) is 0.362. The number of benzene rings is 1. The summed E-state index contributed by atoms with van der Waals surface area (Å²) in [7, 11) is 3.06. The lowest BCUT2D eigenvalue weighted by molar-refractivity contribution is -0.0965. The number of methoxy groups -OCH3 is 2. The number of hydrogen-bond donors (Lipinski definition) is 2. The Morgan fingerprint density at radius 3 is 2.44 bits per heavy atom. The molecule has 0 heterocycles. The molecule has 0 saturated heterocycles. The van der Waals surface area contributed by atoms with E-state index in [9.17, 15) is 4.79 Å². The molecule has 0 saturated carbocycles. The number of rotatable bonds is 5. The summed E-state index contributed by atoms with van der Waals surface area (Å²) >= 11 is 4.99. The summed E-state index contributed by atoms with van der Waals surface area (Å²) in [6, 6.07) is 8.85. The van der Waals surface area contributed by atoms with Crippen molar-refractivity contribution in [2.24, 2.45) is 0 Å². The maximum absolute atomic E-state index is 11.7. The third-order valence-electron chi connectivity index (χ3n) is 2.22. The van der Waals surface area contributed by atoms with E-state index in [0.29, 0.717) is 12.1 Å². The van der Waals surface area contributed by atoms with Crippen LogP contribution in [0.15, 0.2) is 30.3 Å². The van der Waals surface area contributed by atoms with Crippen molar-refractivity contribution >= 4 is 23.2 Å². The predicted molar refractivity (Wildman–Crippen MR) is 72.3 cm³/mol. The van der Waals surface area contributed by atoms with Crippen molar-refractivity contribution in [3.05, 3.63) is 35.9 Å². The molecule has 0 aliphatic rings. The number of amides is 1. The van der Waals surface area contributed by atoms with Gasteiger partial charge in [-0.1, -0.05) is 18.2 Å². The average molecular weight is 268 g/mol. The number of carbonyl (C=O) groups is 1. The van der Waals surface area contributed by atoms with Gasteiger partial charge in [-0.05, 0) is 24.4 Å². The second kappa shape index (κ2) is 7.75. The molecule has 1 amide bonds. The van der Waals surface area contributed by atoms with Crippen molar-refractivity contribution in [1.29, 1.82) is 0 Å². The van der Waals surface area contributed by atoms with Crippen molar-refractivity contribution < 1.29 is 14.3 Å². The van der Waals surface area contributed by atoms with E-state index in [2.05, 4.69) is 10.6 Å². The molecule has 0 aliphatic heterocycles. The maximum atomic E-state index is 11.7. The molecule has 1 rings (SSSR count). The molecule has 18 heavy (non-hydrogen) atoms. The molecule has 0 radical (unpaired) electrons. The SMILES string of the molecule is COC(CNC(=S)NC(=O)c1ccccc1)OC. The van der Waals surface area contributed by atoms with Gasteiger partial charge in [0.05, 0.1) is 6.54 Å². The number of thiocarbonyl (C=S) groups is 1. The van der Waals surface area contributed by atoms with Gasteiger partial charge in [0, 0.05) is 19.8 Å². The molecular formula is C12H16N2O3S. The summed E-state index contributed by atoms with van der Waals surface area (Å²) < 4.78 is 9.96. The second-order valence-corrected chi connectivity index (χ2v) is 3.84. The van der Waals surface area contributed by atoms with E-state index >= 15 is 0 Å². The molecule has 1 aromatic carbocycles. The lowest BCUT2D eigenvalue weighted by Crippen LogP contribution is -2.43. The fourth-order valence-electron chi connectivity index (χ4n) is 1.25. The average Bonchev–Trinajstić information content (AvgIpc) is 2.41. The zero-order chi connectivity index (χ0) is 13.4. The fourth-order valence-corrected chi connectivity index (χ4v) is 1.42. The van der Waals surface area contributed by atoms with E-state index in [1.165, 1.54) is 14.2 Å². The lowest BCUT2D eigenvalue weighted by atomic mass is 10.2. The molecule has 0 bridgehead atoms. The summed E-state index contributed by atoms with van der Waals surface area (Å²) in [6.07, 6.45) is -0.406. The summed E-state index contributed by atoms with van der Waals surface area (Å²) in [4.78, 5) is 11.7. The van der Waals surface area contributed by atoms with Gasteiger partial charge in [0.1, 0.15) is 0 Å². The van der Waals surface area contributed by atoms with E-state index < -0.39 is 6.29 Å². The molecule has 0 aliphatic carbocycles. The number of nitrogens with one attached hydrogen (secondary N) is 2. The molecular weight excluding hydrogens is 252 g/mol. The zero-order valence-electron chi connectivity index (χ0n) is 10.3. The van der Waals surface area contributed by atoms with E-state index in [0.717, 1.165) is 0 Å². The van der Waals surface area contributed by atoms with Gasteiger partial charge in [-0.3, -0.25) is 10.1 Å². The van der Waals surface area contributed by atoms with Crippen LogP contribution in [0.3, 0.4) is 0 Å². The van der Waals surface area contributed by atoms with Gasteiger partial charge in [0.25, 0.3) is 5.91 Å². The number of hydrogen-bond acceptors (Lipinski definition) is 4. The first kappa shape index (κ1) is 14.6. The maximum Gasteiger partial charge on any atom is 0.257 e. The van der Waals surface area contributed by atoms with Gasteiger partial charge in [-0.25, -0.2) is 0 Å². The van der Waals surface area contributed by atoms with Crippen LogP contribution >= 0.6 is 12.2 Å². The summed E-state index contributed by atoms with van der Waals surface area (Å²) in [5.74, 6) is -0.250. The normalized spacial score (nSPS) is 10.2. The molecule has 0 fully saturated rings. The largest absolute Gasteiger partial charge is 0.357 e. The standard InChI is InChI=1S/C12H16N2O3S/c1-16-10(17-2)8-13-12(18)14-11(15)9-6-4-3-5-7-9/h3-7,10H,8H2,1-2H3,(H2,13,14,15,18). The Kier molecular flexibility index (Phi) is 6.27. The van der Waals surface area contributed by atoms with Crippen LogP contribution in [-0.4, -0.2) is 38.1 Å². The topological polar surface area (TPSA) is 59.6 Å². The van der Waals surface area contributed by atoms with Crippen molar-refractivity contribution in [3.8, 4) is 0 Å². The van der Waals surface area contributed by atoms with Crippen molar-refractivity contribution in [2.75, 3.05) is 20.8 Å². The lowest BCUT2D eigenvalue weighted by Gasteiger charge is -2.15. The molecule has 1 aromatic rings. The van der Waals surface area contributed by atoms with E-state index in [1.54, 1.807) is 24.3 Å². The highest BCUT2D eigenvalue weighted by Crippen LogP contribution is 1.97. The minimum atomic E-state index is -0.406. The number of carbonyl (C=O) groups excluding carboxylic acids is 1. The molecule has 0 unspecified atom stereocenters. The van der Waals surface area contributed by atoms with Crippen LogP contribution in [0.1, 0.15) is 10.4 Å². The predicted octanol–water partition coefficient (Wildman–Crippen LogP) is 0.910. The quantitative estimate of drug-likeness (QED) is 0.614. The van der Waals surface area contributed by atoms with Crippen LogP contribution < -0.4 is 10.6 Å². The van der Waals surface area contributed by atoms with Gasteiger partial charge < -0.3 is 14.8 Å². The highest BCUT2D eigenvalue weighted by atomic mass is 32.1. The molecule has 5 nitrogen and oxygen atoms in total. The third-order valence-corrected chi connectivity index (χ3v) is 2.46. The van der Waals surface area contributed by atoms with Gasteiger partial charge in [-0.15, -0.1) is 0 Å². The van der Waals surface area contributed by atoms with Crippen molar-refractivity contribution in [3.63, 3.8) is 0 Å². The first-order chi connectivity index (χ1) is 8.67. The van der Waals surface area contributed by atoms with Gasteiger partial charge >= 0.3 is 0 Å². The molecule has 0 atom stereocenters. The Balaban J connectivity index is 2.39. The van der Waals surface area contributed by atoms with Gasteiger partial charge in [0.2, 0.25) is 0 Å². The van der Waals surface area contributed by atoms with E-state index in [1.807, 2.05) is 6.07 Å². The summed E-state index contributed by atoms with van der Waals surface area (Å²) in [5.41, 5.74) is 0.552. The van der Waals surface area contributed by atoms with Crippen molar-refractivity contribution in [1.82, 2.24) is 10.6 Å².